The molecule has 0 N–H and O–H groups in total. The number of hydrogen-bond acceptors (Lipinski definition) is 2. The molecule has 0 aliphatic heterocycles. The Morgan fingerprint density at radius 2 is 1.43 bits per heavy atom. The van der Waals surface area contributed by atoms with Gasteiger partial charge in [-0.2, -0.15) is 0 Å². The minimum Gasteiger partial charge on any atom is -0.497 e. The highest BCUT2D eigenvalue weighted by molar-refractivity contribution is 5.50. The van der Waals surface area contributed by atoms with Gasteiger partial charge in [0.1, 0.15) is 5.75 Å². The molecule has 2 nitrogen and oxygen atoms in total. The number of anilines is 1. The van der Waals surface area contributed by atoms with Crippen LogP contribution in [-0.2, 0) is 0 Å². The summed E-state index contributed by atoms with van der Waals surface area (Å²) in [6.45, 7) is 16.0. The Morgan fingerprint density at radius 3 is 1.86 bits per heavy atom. The van der Waals surface area contributed by atoms with Gasteiger partial charge in [-0.05, 0) is 35.8 Å². The molecule has 1 aromatic carbocycles. The van der Waals surface area contributed by atoms with Crippen molar-refractivity contribution >= 4 is 5.69 Å². The average Bonchev–Trinajstić information content (AvgIpc) is 2.36. The average molecular weight is 291 g/mol. The second-order valence-corrected chi connectivity index (χ2v) is 8.31. The van der Waals surface area contributed by atoms with E-state index < -0.39 is 0 Å². The molecular formula is C19H33NO. The molecule has 120 valence electrons. The van der Waals surface area contributed by atoms with Crippen LogP contribution < -0.4 is 9.64 Å². The van der Waals surface area contributed by atoms with Gasteiger partial charge in [0.05, 0.1) is 7.11 Å². The van der Waals surface area contributed by atoms with E-state index in [0.717, 1.165) is 18.8 Å². The minimum absolute atomic E-state index is 0.360. The molecule has 0 fully saturated rings. The van der Waals surface area contributed by atoms with Crippen LogP contribution in [0.25, 0.3) is 0 Å². The summed E-state index contributed by atoms with van der Waals surface area (Å²) in [6, 6.07) is 8.42. The van der Waals surface area contributed by atoms with Gasteiger partial charge >= 0.3 is 0 Å². The highest BCUT2D eigenvalue weighted by Crippen LogP contribution is 2.27. The van der Waals surface area contributed by atoms with E-state index in [1.165, 1.54) is 18.5 Å². The Bertz CT molecular complexity index is 408. The van der Waals surface area contributed by atoms with Crippen molar-refractivity contribution in [1.29, 1.82) is 0 Å². The molecule has 0 aliphatic rings. The molecule has 0 radical (unpaired) electrons. The van der Waals surface area contributed by atoms with Crippen molar-refractivity contribution in [3.05, 3.63) is 24.3 Å². The van der Waals surface area contributed by atoms with Crippen LogP contribution in [-0.4, -0.2) is 20.2 Å². The largest absolute Gasteiger partial charge is 0.497 e. The van der Waals surface area contributed by atoms with Gasteiger partial charge in [-0.1, -0.05) is 47.6 Å². The van der Waals surface area contributed by atoms with Gasteiger partial charge in [0.25, 0.3) is 0 Å². The number of hydrogen-bond donors (Lipinski definition) is 0. The van der Waals surface area contributed by atoms with Crippen molar-refractivity contribution < 1.29 is 4.74 Å². The maximum atomic E-state index is 5.37. The Balaban J connectivity index is 2.83. The summed E-state index contributed by atoms with van der Waals surface area (Å²) in [7, 11) is 1.73. The lowest BCUT2D eigenvalue weighted by atomic mass is 9.90. The van der Waals surface area contributed by atoms with Gasteiger partial charge in [-0.3, -0.25) is 0 Å². The summed E-state index contributed by atoms with van der Waals surface area (Å²) in [4.78, 5) is 2.50. The quantitative estimate of drug-likeness (QED) is 0.698. The highest BCUT2D eigenvalue weighted by Gasteiger charge is 2.17. The van der Waals surface area contributed by atoms with Crippen LogP contribution in [0, 0.1) is 10.8 Å². The van der Waals surface area contributed by atoms with E-state index in [0.29, 0.717) is 10.8 Å². The predicted octanol–water partition coefficient (Wildman–Crippen LogP) is 5.37. The topological polar surface area (TPSA) is 12.5 Å². The number of methoxy groups -OCH3 is 1. The monoisotopic (exact) mass is 291 g/mol. The third-order valence-electron chi connectivity index (χ3n) is 3.68. The molecule has 21 heavy (non-hydrogen) atoms. The summed E-state index contributed by atoms with van der Waals surface area (Å²) in [5, 5.41) is 0. The van der Waals surface area contributed by atoms with Crippen molar-refractivity contribution in [3.8, 4) is 5.75 Å². The summed E-state index contributed by atoms with van der Waals surface area (Å²) >= 11 is 0. The Labute approximate surface area is 131 Å². The summed E-state index contributed by atoms with van der Waals surface area (Å²) in [5.74, 6) is 0.934. The first kappa shape index (κ1) is 17.9. The second kappa shape index (κ2) is 7.20. The number of nitrogens with zero attached hydrogens (tertiary/aromatic N) is 1. The van der Waals surface area contributed by atoms with Crippen LogP contribution >= 0.6 is 0 Å². The van der Waals surface area contributed by atoms with Gasteiger partial charge in [-0.25, -0.2) is 0 Å². The number of benzene rings is 1. The molecule has 2 heteroatoms. The minimum atomic E-state index is 0.360. The third kappa shape index (κ3) is 7.40. The van der Waals surface area contributed by atoms with Crippen LogP contribution in [0.2, 0.25) is 0 Å². The van der Waals surface area contributed by atoms with Crippen molar-refractivity contribution in [2.45, 2.75) is 54.4 Å². The van der Waals surface area contributed by atoms with E-state index in [4.69, 9.17) is 4.74 Å². The fourth-order valence-electron chi connectivity index (χ4n) is 2.12. The molecule has 0 atom stereocenters. The Kier molecular flexibility index (Phi) is 6.12. The van der Waals surface area contributed by atoms with E-state index in [1.54, 1.807) is 7.11 Å². The molecular weight excluding hydrogens is 258 g/mol. The normalized spacial score (nSPS) is 12.3. The van der Waals surface area contributed by atoms with Gasteiger partial charge in [0.15, 0.2) is 0 Å². The highest BCUT2D eigenvalue weighted by atomic mass is 16.5. The lowest BCUT2D eigenvalue weighted by Crippen LogP contribution is -2.30. The van der Waals surface area contributed by atoms with Crippen molar-refractivity contribution in [3.63, 3.8) is 0 Å². The van der Waals surface area contributed by atoms with Crippen LogP contribution in [0.15, 0.2) is 24.3 Å². The summed E-state index contributed by atoms with van der Waals surface area (Å²) in [6.07, 6.45) is 2.38. The van der Waals surface area contributed by atoms with Crippen LogP contribution in [0.1, 0.15) is 54.4 Å². The van der Waals surface area contributed by atoms with Gasteiger partial charge in [0, 0.05) is 24.8 Å². The lowest BCUT2D eigenvalue weighted by Gasteiger charge is -2.31. The van der Waals surface area contributed by atoms with E-state index in [1.807, 2.05) is 6.07 Å². The van der Waals surface area contributed by atoms with E-state index >= 15 is 0 Å². The van der Waals surface area contributed by atoms with Crippen LogP contribution in [0.5, 0.6) is 5.75 Å². The first-order chi connectivity index (χ1) is 9.61. The molecule has 0 spiro atoms. The summed E-state index contributed by atoms with van der Waals surface area (Å²) in [5.41, 5.74) is 1.99. The fourth-order valence-corrected chi connectivity index (χ4v) is 2.12. The first-order valence-electron chi connectivity index (χ1n) is 8.00. The molecule has 0 aromatic heterocycles. The standard InChI is InChI=1S/C19H33NO/c1-18(2,3)11-13-20(14-12-19(4,5)6)16-9-8-10-17(15-16)21-7/h8-10,15H,11-14H2,1-7H3. The molecule has 1 rings (SSSR count). The Hall–Kier alpha value is -1.18. The molecule has 0 heterocycles. The smallest absolute Gasteiger partial charge is 0.120 e. The SMILES string of the molecule is COc1cccc(N(CCC(C)(C)C)CCC(C)(C)C)c1. The van der Waals surface area contributed by atoms with Gasteiger partial charge in [-0.15, -0.1) is 0 Å². The number of ether oxygens (including phenoxy) is 1. The van der Waals surface area contributed by atoms with Crippen LogP contribution in [0.4, 0.5) is 5.69 Å². The van der Waals surface area contributed by atoms with E-state index in [9.17, 15) is 0 Å². The predicted molar refractivity (Wildman–Crippen MR) is 93.4 cm³/mol. The third-order valence-corrected chi connectivity index (χ3v) is 3.68. The molecule has 0 aliphatic carbocycles. The zero-order valence-corrected chi connectivity index (χ0v) is 15.0. The molecule has 0 bridgehead atoms. The fraction of sp³-hybridized carbons (Fsp3) is 0.684. The second-order valence-electron chi connectivity index (χ2n) is 8.31. The number of rotatable bonds is 6. The maximum absolute atomic E-state index is 5.37. The van der Waals surface area contributed by atoms with Crippen molar-refractivity contribution in [1.82, 2.24) is 0 Å². The maximum Gasteiger partial charge on any atom is 0.120 e. The molecule has 0 saturated heterocycles. The zero-order valence-electron chi connectivity index (χ0n) is 15.0. The van der Waals surface area contributed by atoms with Crippen LogP contribution in [0.3, 0.4) is 0 Å². The zero-order chi connectivity index (χ0) is 16.1. The van der Waals surface area contributed by atoms with Crippen molar-refractivity contribution in [2.75, 3.05) is 25.1 Å². The lowest BCUT2D eigenvalue weighted by molar-refractivity contribution is 0.356. The van der Waals surface area contributed by atoms with Gasteiger partial charge < -0.3 is 9.64 Å². The summed E-state index contributed by atoms with van der Waals surface area (Å²) < 4.78 is 5.37. The van der Waals surface area contributed by atoms with E-state index in [-0.39, 0.29) is 0 Å². The van der Waals surface area contributed by atoms with Crippen molar-refractivity contribution in [2.24, 2.45) is 10.8 Å². The molecule has 1 aromatic rings. The molecule has 0 amide bonds. The van der Waals surface area contributed by atoms with E-state index in [2.05, 4.69) is 64.6 Å². The molecule has 0 saturated carbocycles. The Morgan fingerprint density at radius 1 is 0.905 bits per heavy atom. The molecule has 0 unspecified atom stereocenters. The van der Waals surface area contributed by atoms with Gasteiger partial charge in [0.2, 0.25) is 0 Å². The first-order valence-corrected chi connectivity index (χ1v) is 8.00.